The summed E-state index contributed by atoms with van der Waals surface area (Å²) in [7, 11) is 0. The minimum atomic E-state index is -0.220. The van der Waals surface area contributed by atoms with E-state index in [0.717, 1.165) is 17.1 Å². The van der Waals surface area contributed by atoms with Crippen LogP contribution in [-0.4, -0.2) is 11.4 Å². The van der Waals surface area contributed by atoms with Gasteiger partial charge in [-0.1, -0.05) is 141 Å². The number of nitrogens with zero attached hydrogens (tertiary/aromatic N) is 3. The van der Waals surface area contributed by atoms with E-state index in [0.29, 0.717) is 0 Å². The molecule has 0 atom stereocenters. The topological polar surface area (TPSA) is 11.4 Å². The minimum absolute atomic E-state index is 0.0635. The Labute approximate surface area is 334 Å². The molecule has 0 radical (unpaired) electrons. The Morgan fingerprint density at radius 1 is 0.526 bits per heavy atom. The molecule has 270 valence electrons. The second kappa shape index (κ2) is 11.6. The van der Waals surface area contributed by atoms with E-state index < -0.39 is 0 Å². The maximum Gasteiger partial charge on any atom is 0.333 e. The summed E-state index contributed by atoms with van der Waals surface area (Å²) in [4.78, 5) is 5.17. The van der Waals surface area contributed by atoms with Gasteiger partial charge in [0, 0.05) is 55.9 Å². The first-order valence-electron chi connectivity index (χ1n) is 20.1. The van der Waals surface area contributed by atoms with E-state index in [2.05, 4.69) is 212 Å². The molecule has 0 saturated heterocycles. The van der Waals surface area contributed by atoms with E-state index in [-0.39, 0.29) is 12.3 Å². The molecule has 3 aliphatic rings. The van der Waals surface area contributed by atoms with Gasteiger partial charge >= 0.3 is 6.85 Å². The van der Waals surface area contributed by atoms with Gasteiger partial charge in [0.15, 0.2) is 0 Å². The summed E-state index contributed by atoms with van der Waals surface area (Å²) in [6.45, 7) is 9.30. The van der Waals surface area contributed by atoms with Gasteiger partial charge in [-0.3, -0.25) is 0 Å². The third-order valence-electron chi connectivity index (χ3n) is 13.1. The summed E-state index contributed by atoms with van der Waals surface area (Å²) in [6.07, 6.45) is 0. The number of hydrogen-bond donors (Lipinski definition) is 0. The fourth-order valence-electron chi connectivity index (χ4n) is 10.8. The maximum absolute atomic E-state index is 2.74. The zero-order chi connectivity index (χ0) is 38.2. The fourth-order valence-corrected chi connectivity index (χ4v) is 10.8. The summed E-state index contributed by atoms with van der Waals surface area (Å²) in [5.74, 6) is 0. The van der Waals surface area contributed by atoms with Crippen LogP contribution in [0.2, 0.25) is 0 Å². The fraction of sp³-hybridized carbons (Fsp3) is 0.0943. The van der Waals surface area contributed by atoms with Gasteiger partial charge in [0.05, 0.1) is 11.0 Å². The van der Waals surface area contributed by atoms with Crippen LogP contribution in [0.1, 0.15) is 36.1 Å². The summed E-state index contributed by atoms with van der Waals surface area (Å²) < 4.78 is 2.57. The van der Waals surface area contributed by atoms with Crippen molar-refractivity contribution >= 4 is 68.0 Å². The van der Waals surface area contributed by atoms with Crippen LogP contribution in [-0.2, 0) is 5.41 Å². The number of aromatic nitrogens is 1. The Morgan fingerprint density at radius 2 is 1.21 bits per heavy atom. The van der Waals surface area contributed by atoms with Crippen LogP contribution in [0.25, 0.3) is 49.7 Å². The molecule has 3 nitrogen and oxygen atoms in total. The molecular formula is C53H40BN3. The predicted molar refractivity (Wildman–Crippen MR) is 242 cm³/mol. The number of anilines is 5. The number of fused-ring (bicyclic) bond motifs is 11. The highest BCUT2D eigenvalue weighted by molar-refractivity contribution is 6.93. The molecule has 1 aromatic heterocycles. The number of rotatable bonds is 4. The first kappa shape index (κ1) is 32.5. The first-order valence-corrected chi connectivity index (χ1v) is 20.1. The van der Waals surface area contributed by atoms with Crippen LogP contribution in [0.15, 0.2) is 170 Å². The van der Waals surface area contributed by atoms with Crippen molar-refractivity contribution in [1.29, 1.82) is 0 Å². The van der Waals surface area contributed by atoms with E-state index in [1.807, 2.05) is 0 Å². The first-order chi connectivity index (χ1) is 27.9. The Bertz CT molecular complexity index is 3100. The molecule has 3 heterocycles. The van der Waals surface area contributed by atoms with Crippen LogP contribution in [0, 0.1) is 13.8 Å². The van der Waals surface area contributed by atoms with Crippen LogP contribution >= 0.6 is 0 Å². The Hall–Kier alpha value is -6.78. The molecule has 0 N–H and O–H groups in total. The number of hydrogen-bond acceptors (Lipinski definition) is 2. The zero-order valence-electron chi connectivity index (χ0n) is 32.6. The van der Waals surface area contributed by atoms with Crippen LogP contribution in [0.5, 0.6) is 0 Å². The van der Waals surface area contributed by atoms with Gasteiger partial charge in [-0.25, -0.2) is 0 Å². The molecule has 1 aliphatic carbocycles. The van der Waals surface area contributed by atoms with Crippen molar-refractivity contribution in [3.63, 3.8) is 0 Å². The SMILES string of the molecule is Cc1ccc(N2B3c4c(cc(N(c5ccccc5)c5ccccc5)cc4-n4c5ccccc5c5cccc3c54)-c3ccc4c(c32)C(C)(C)c2ccccc2-4)c(C)c1. The highest BCUT2D eigenvalue weighted by Gasteiger charge is 2.48. The summed E-state index contributed by atoms with van der Waals surface area (Å²) >= 11 is 0. The largest absolute Gasteiger partial charge is 0.376 e. The van der Waals surface area contributed by atoms with Gasteiger partial charge in [-0.2, -0.15) is 0 Å². The predicted octanol–water partition coefficient (Wildman–Crippen LogP) is 12.4. The number of benzene rings is 8. The summed E-state index contributed by atoms with van der Waals surface area (Å²) in [6, 6.07) is 63.5. The molecule has 12 rings (SSSR count). The van der Waals surface area contributed by atoms with E-state index in [4.69, 9.17) is 0 Å². The average Bonchev–Trinajstić information content (AvgIpc) is 3.70. The third kappa shape index (κ3) is 4.33. The van der Waals surface area contributed by atoms with Gasteiger partial charge in [-0.15, -0.1) is 0 Å². The second-order valence-corrected chi connectivity index (χ2v) is 16.6. The molecule has 0 bridgehead atoms. The van der Waals surface area contributed by atoms with Gasteiger partial charge in [-0.05, 0) is 107 Å². The highest BCUT2D eigenvalue weighted by Crippen LogP contribution is 2.58. The Balaban J connectivity index is 1.28. The molecule has 0 spiro atoms. The van der Waals surface area contributed by atoms with Crippen LogP contribution < -0.4 is 20.6 Å². The van der Waals surface area contributed by atoms with Gasteiger partial charge in [0.1, 0.15) is 0 Å². The van der Waals surface area contributed by atoms with Crippen LogP contribution in [0.4, 0.5) is 28.4 Å². The van der Waals surface area contributed by atoms with Crippen molar-refractivity contribution < 1.29 is 0 Å². The smallest absolute Gasteiger partial charge is 0.333 e. The van der Waals surface area contributed by atoms with Crippen molar-refractivity contribution in [3.8, 4) is 27.9 Å². The van der Waals surface area contributed by atoms with Gasteiger partial charge in [0.2, 0.25) is 0 Å². The molecule has 57 heavy (non-hydrogen) atoms. The highest BCUT2D eigenvalue weighted by atomic mass is 15.2. The zero-order valence-corrected chi connectivity index (χ0v) is 32.6. The summed E-state index contributed by atoms with van der Waals surface area (Å²) in [5, 5.41) is 2.57. The molecule has 0 amide bonds. The molecule has 9 aromatic rings. The third-order valence-corrected chi connectivity index (χ3v) is 13.1. The Morgan fingerprint density at radius 3 is 1.98 bits per heavy atom. The van der Waals surface area contributed by atoms with Crippen molar-refractivity contribution in [2.75, 3.05) is 9.71 Å². The van der Waals surface area contributed by atoms with E-state index >= 15 is 0 Å². The summed E-state index contributed by atoms with van der Waals surface area (Å²) in [5.41, 5.74) is 22.8. The molecule has 0 unspecified atom stereocenters. The number of aryl methyl sites for hydroxylation is 2. The van der Waals surface area contributed by atoms with E-state index in [9.17, 15) is 0 Å². The maximum atomic E-state index is 2.74. The van der Waals surface area contributed by atoms with Gasteiger partial charge in [0.25, 0.3) is 0 Å². The van der Waals surface area contributed by atoms with Crippen LogP contribution in [0.3, 0.4) is 0 Å². The lowest BCUT2D eigenvalue weighted by molar-refractivity contribution is 0.661. The van der Waals surface area contributed by atoms with Gasteiger partial charge < -0.3 is 14.3 Å². The average molecular weight is 730 g/mol. The lowest BCUT2D eigenvalue weighted by atomic mass is 9.43. The molecule has 4 heteroatoms. The minimum Gasteiger partial charge on any atom is -0.376 e. The quantitative estimate of drug-likeness (QED) is 0.167. The van der Waals surface area contributed by atoms with Crippen molar-refractivity contribution in [2.24, 2.45) is 0 Å². The number of para-hydroxylation sites is 4. The van der Waals surface area contributed by atoms with E-state index in [1.54, 1.807) is 0 Å². The molecule has 8 aromatic carbocycles. The Kier molecular flexibility index (Phi) is 6.62. The van der Waals surface area contributed by atoms with Crippen molar-refractivity contribution in [3.05, 3.63) is 192 Å². The molecule has 0 saturated carbocycles. The monoisotopic (exact) mass is 729 g/mol. The van der Waals surface area contributed by atoms with Crippen molar-refractivity contribution in [2.45, 2.75) is 33.1 Å². The van der Waals surface area contributed by atoms with Crippen molar-refractivity contribution in [1.82, 2.24) is 4.57 Å². The normalized spacial score (nSPS) is 14.0. The van der Waals surface area contributed by atoms with E-state index in [1.165, 1.54) is 94.3 Å². The molecular weight excluding hydrogens is 689 g/mol. The lowest BCUT2D eigenvalue weighted by Crippen LogP contribution is -2.61. The molecule has 0 fully saturated rings. The lowest BCUT2D eigenvalue weighted by Gasteiger charge is -2.45. The standard InChI is InChI=1S/C53H40BN3/c1-33-26-29-46(34(2)30-33)57-52-42(28-27-40-38-20-11-13-23-44(38)53(3,4)49(40)52)43-31-37(55(35-16-7-5-8-17-35)36-18-9-6-10-19-36)32-48-50(43)54(57)45-24-15-22-41-39-21-12-14-25-47(39)56(48)51(41)45/h5-32H,1-4H3. The molecule has 2 aliphatic heterocycles. The second-order valence-electron chi connectivity index (χ2n) is 16.6.